The Morgan fingerprint density at radius 1 is 1.31 bits per heavy atom. The molecule has 0 fully saturated rings. The van der Waals surface area contributed by atoms with E-state index in [1.165, 1.54) is 11.3 Å². The maximum atomic E-state index is 12.9. The average Bonchev–Trinajstić information content (AvgIpc) is 3.20. The van der Waals surface area contributed by atoms with Crippen LogP contribution in [0.15, 0.2) is 55.3 Å². The van der Waals surface area contributed by atoms with Gasteiger partial charge in [0.25, 0.3) is 5.91 Å². The molecule has 1 aliphatic rings. The minimum absolute atomic E-state index is 0.138. The van der Waals surface area contributed by atoms with Gasteiger partial charge in [-0.2, -0.15) is 5.10 Å². The second-order valence-electron chi connectivity index (χ2n) is 5.77. The highest BCUT2D eigenvalue weighted by atomic mass is 35.5. The van der Waals surface area contributed by atoms with E-state index in [4.69, 9.17) is 11.6 Å². The van der Waals surface area contributed by atoms with Gasteiger partial charge < -0.3 is 4.90 Å². The fraction of sp³-hybridized carbons (Fsp3) is 0.190. The molecular formula is C21H22ClFN4OS. The molecule has 0 saturated carbocycles. The Kier molecular flexibility index (Phi) is 8.30. The van der Waals surface area contributed by atoms with E-state index in [9.17, 15) is 9.18 Å². The van der Waals surface area contributed by atoms with E-state index < -0.39 is 0 Å². The number of aromatic nitrogens is 3. The molecule has 2 aromatic heterocycles. The fourth-order valence-corrected chi connectivity index (χ4v) is 3.83. The highest BCUT2D eigenvalue weighted by Gasteiger charge is 2.24. The Hall–Kier alpha value is -2.77. The van der Waals surface area contributed by atoms with Crippen LogP contribution in [-0.4, -0.2) is 45.8 Å². The molecule has 2 aromatic rings. The zero-order valence-electron chi connectivity index (χ0n) is 16.4. The van der Waals surface area contributed by atoms with E-state index in [-0.39, 0.29) is 11.9 Å². The van der Waals surface area contributed by atoms with Gasteiger partial charge in [-0.15, -0.1) is 0 Å². The molecule has 5 nitrogen and oxygen atoms in total. The van der Waals surface area contributed by atoms with Gasteiger partial charge in [0, 0.05) is 18.8 Å². The van der Waals surface area contributed by atoms with Crippen LogP contribution >= 0.6 is 22.9 Å². The summed E-state index contributed by atoms with van der Waals surface area (Å²) in [5.74, 6) is -0.182. The summed E-state index contributed by atoms with van der Waals surface area (Å²) in [6.07, 6.45) is 18.7. The summed E-state index contributed by atoms with van der Waals surface area (Å²) < 4.78 is 11.6. The van der Waals surface area contributed by atoms with Gasteiger partial charge in [-0.1, -0.05) is 72.0 Å². The van der Waals surface area contributed by atoms with Crippen LogP contribution in [0.2, 0.25) is 4.34 Å². The van der Waals surface area contributed by atoms with Crippen LogP contribution in [0.25, 0.3) is 23.5 Å². The lowest BCUT2D eigenvalue weighted by atomic mass is 10.2. The van der Waals surface area contributed by atoms with E-state index in [2.05, 4.69) is 16.7 Å². The molecule has 0 bridgehead atoms. The topological polar surface area (TPSA) is 51.0 Å². The van der Waals surface area contributed by atoms with Crippen LogP contribution in [0.5, 0.6) is 0 Å². The molecule has 152 valence electrons. The molecule has 0 aliphatic heterocycles. The molecule has 2 heterocycles. The minimum Gasteiger partial charge on any atom is -0.330 e. The van der Waals surface area contributed by atoms with Crippen molar-refractivity contribution in [3.8, 4) is 11.3 Å². The number of hydrogen-bond acceptors (Lipinski definition) is 4. The number of nitrogens with zero attached hydrogens (tertiary/aromatic N) is 4. The third-order valence-corrected chi connectivity index (χ3v) is 5.32. The number of carbonyl (C=O) groups excluding carboxylic acids is 1. The van der Waals surface area contributed by atoms with Crippen molar-refractivity contribution in [1.29, 1.82) is 0 Å². The third-order valence-electron chi connectivity index (χ3n) is 4.07. The quantitative estimate of drug-likeness (QED) is 0.626. The molecule has 3 rings (SSSR count). The van der Waals surface area contributed by atoms with E-state index in [1.807, 2.05) is 55.5 Å². The SMILES string of the molecule is C=Cn1ncc(-c2nc(C(=O)N(C)C3C=CC=CC=C3)sc2Cl)c1/C=C\C.CF. The van der Waals surface area contributed by atoms with Crippen LogP contribution in [-0.2, 0) is 0 Å². The molecule has 0 spiro atoms. The fourth-order valence-electron chi connectivity index (χ4n) is 2.68. The van der Waals surface area contributed by atoms with Crippen molar-refractivity contribution >= 4 is 41.1 Å². The number of hydrogen-bond donors (Lipinski definition) is 0. The standard InChI is InChI=1S/C20H19ClN4OS.CH3F/c1-4-10-16-15(13-22-25(16)5-2)17-18(21)27-19(23-17)20(26)24(3)14-11-8-6-7-9-12-14;1-2/h4-14H,2H2,1,3H3;1H3/b10-4-;. The molecule has 0 saturated heterocycles. The Balaban J connectivity index is 0.00000145. The number of halogens is 2. The highest BCUT2D eigenvalue weighted by Crippen LogP contribution is 2.35. The smallest absolute Gasteiger partial charge is 0.283 e. The third kappa shape index (κ3) is 4.99. The van der Waals surface area contributed by atoms with Crippen LogP contribution in [0, 0.1) is 0 Å². The number of allylic oxidation sites excluding steroid dienone is 5. The lowest BCUT2D eigenvalue weighted by molar-refractivity contribution is 0.0782. The lowest BCUT2D eigenvalue weighted by Crippen LogP contribution is -2.34. The molecular weight excluding hydrogens is 411 g/mol. The maximum absolute atomic E-state index is 12.9. The first-order valence-electron chi connectivity index (χ1n) is 8.73. The predicted octanol–water partition coefficient (Wildman–Crippen LogP) is 5.50. The molecule has 0 unspecified atom stereocenters. The van der Waals surface area contributed by atoms with E-state index in [0.29, 0.717) is 22.2 Å². The van der Waals surface area contributed by atoms with Crippen LogP contribution in [0.1, 0.15) is 22.4 Å². The van der Waals surface area contributed by atoms with E-state index in [1.54, 1.807) is 29.0 Å². The van der Waals surface area contributed by atoms with Gasteiger partial charge in [-0.25, -0.2) is 9.67 Å². The lowest BCUT2D eigenvalue weighted by Gasteiger charge is -2.21. The molecule has 1 aliphatic carbocycles. The van der Waals surface area contributed by atoms with Crippen molar-refractivity contribution in [2.75, 3.05) is 14.2 Å². The average molecular weight is 433 g/mol. The van der Waals surface area contributed by atoms with Crippen molar-refractivity contribution in [1.82, 2.24) is 19.7 Å². The first kappa shape index (κ1) is 22.5. The first-order chi connectivity index (χ1) is 14.1. The Morgan fingerprint density at radius 3 is 2.55 bits per heavy atom. The maximum Gasteiger partial charge on any atom is 0.283 e. The second kappa shape index (κ2) is 10.7. The minimum atomic E-state index is -0.182. The van der Waals surface area contributed by atoms with Crippen molar-refractivity contribution in [3.05, 3.63) is 70.3 Å². The van der Waals surface area contributed by atoms with E-state index >= 15 is 0 Å². The summed E-state index contributed by atoms with van der Waals surface area (Å²) in [4.78, 5) is 19.1. The Morgan fingerprint density at radius 2 is 1.97 bits per heavy atom. The monoisotopic (exact) mass is 432 g/mol. The normalized spacial score (nSPS) is 13.3. The number of amides is 1. The molecule has 0 aromatic carbocycles. The molecule has 0 atom stereocenters. The van der Waals surface area contributed by atoms with Gasteiger partial charge in [-0.05, 0) is 13.0 Å². The highest BCUT2D eigenvalue weighted by molar-refractivity contribution is 7.18. The summed E-state index contributed by atoms with van der Waals surface area (Å²) in [6, 6.07) is -0.138. The van der Waals surface area contributed by atoms with Crippen molar-refractivity contribution < 1.29 is 9.18 Å². The molecule has 0 N–H and O–H groups in total. The van der Waals surface area contributed by atoms with Gasteiger partial charge in [0.05, 0.1) is 25.1 Å². The number of carbonyl (C=O) groups is 1. The molecule has 8 heteroatoms. The largest absolute Gasteiger partial charge is 0.330 e. The second-order valence-corrected chi connectivity index (χ2v) is 7.37. The van der Waals surface area contributed by atoms with Crippen LogP contribution < -0.4 is 0 Å². The summed E-state index contributed by atoms with van der Waals surface area (Å²) in [5.41, 5.74) is 2.12. The Labute approximate surface area is 178 Å². The number of rotatable bonds is 5. The molecule has 29 heavy (non-hydrogen) atoms. The number of alkyl halides is 1. The summed E-state index contributed by atoms with van der Waals surface area (Å²) in [5, 5.41) is 4.62. The van der Waals surface area contributed by atoms with Gasteiger partial charge in [0.1, 0.15) is 10.0 Å². The predicted molar refractivity (Wildman–Crippen MR) is 120 cm³/mol. The number of thiazole rings is 1. The summed E-state index contributed by atoms with van der Waals surface area (Å²) >= 11 is 7.60. The van der Waals surface area contributed by atoms with E-state index in [0.717, 1.165) is 11.3 Å². The van der Waals surface area contributed by atoms with Gasteiger partial charge in [0.2, 0.25) is 0 Å². The van der Waals surface area contributed by atoms with Gasteiger partial charge in [-0.3, -0.25) is 9.18 Å². The first-order valence-corrected chi connectivity index (χ1v) is 9.92. The van der Waals surface area contributed by atoms with Crippen LogP contribution in [0.4, 0.5) is 4.39 Å². The van der Waals surface area contributed by atoms with Crippen molar-refractivity contribution in [2.45, 2.75) is 13.0 Å². The molecule has 1 amide bonds. The Bertz CT molecular complexity index is 971. The summed E-state index contributed by atoms with van der Waals surface area (Å²) in [7, 11) is 2.25. The van der Waals surface area contributed by atoms with Gasteiger partial charge in [0.15, 0.2) is 5.01 Å². The summed E-state index contributed by atoms with van der Waals surface area (Å²) in [6.45, 7) is 5.67. The zero-order chi connectivity index (χ0) is 21.4. The molecule has 0 radical (unpaired) electrons. The number of likely N-dealkylation sites (N-methyl/N-ethyl adjacent to an activating group) is 1. The van der Waals surface area contributed by atoms with Crippen LogP contribution in [0.3, 0.4) is 0 Å². The van der Waals surface area contributed by atoms with Crippen molar-refractivity contribution in [2.24, 2.45) is 0 Å². The van der Waals surface area contributed by atoms with Crippen molar-refractivity contribution in [3.63, 3.8) is 0 Å². The zero-order valence-corrected chi connectivity index (χ0v) is 18.0. The van der Waals surface area contributed by atoms with Gasteiger partial charge >= 0.3 is 0 Å².